The Morgan fingerprint density at radius 2 is 1.16 bits per heavy atom. The number of fused-ring (bicyclic) bond motifs is 5. The van der Waals surface area contributed by atoms with Crippen LogP contribution in [0, 0.1) is 45.3 Å². The average Bonchev–Trinajstić information content (AvgIpc) is 3.77. The van der Waals surface area contributed by atoms with Crippen LogP contribution in [0.2, 0.25) is 0 Å². The average molecular weight is 1270 g/mol. The minimum absolute atomic E-state index is 0. The first kappa shape index (κ1) is 63.1. The molecule has 2 unspecified atom stereocenters. The maximum Gasteiger partial charge on any atom is 4.00 e. The van der Waals surface area contributed by atoms with Crippen molar-refractivity contribution in [3.05, 3.63) is 11.6 Å². The van der Waals surface area contributed by atoms with Crippen molar-refractivity contribution in [1.29, 1.82) is 0 Å². The number of rotatable bonds is 15. The Balaban J connectivity index is 0.00000840. The molecule has 14 N–H and O–H groups in total. The molecule has 4 aliphatic heterocycles. The Morgan fingerprint density at radius 3 is 1.79 bits per heavy atom. The van der Waals surface area contributed by atoms with Crippen molar-refractivity contribution in [3.8, 4) is 0 Å². The van der Waals surface area contributed by atoms with Crippen molar-refractivity contribution in [1.82, 2.24) is 0 Å². The van der Waals surface area contributed by atoms with Gasteiger partial charge in [0, 0.05) is 0 Å². The van der Waals surface area contributed by atoms with E-state index in [1.807, 2.05) is 20.8 Å². The molecule has 0 aromatic carbocycles. The van der Waals surface area contributed by atoms with E-state index in [4.69, 9.17) is 37.9 Å². The van der Waals surface area contributed by atoms with Crippen LogP contribution in [-0.2, 0) is 59.0 Å². The molecule has 0 radical (unpaired) electrons. The molecule has 0 aromatic heterocycles. The van der Waals surface area contributed by atoms with Crippen LogP contribution >= 0.6 is 0 Å². The summed E-state index contributed by atoms with van der Waals surface area (Å²) < 4.78 is 48.8. The molecule has 22 nitrogen and oxygen atoms in total. The number of aliphatic hydroxyl groups excluding tert-OH is 14. The molecule has 23 heteroatoms. The third-order valence-corrected chi connectivity index (χ3v) is 20.5. The second kappa shape index (κ2) is 24.0. The third-order valence-electron chi connectivity index (χ3n) is 20.5. The Morgan fingerprint density at radius 1 is 0.592 bits per heavy atom. The summed E-state index contributed by atoms with van der Waals surface area (Å²) in [6.45, 7) is 15.1. The molecule has 4 saturated carbocycles. The number of aliphatic hydroxyl groups is 14. The predicted octanol–water partition coefficient (Wildman–Crippen LogP) is -1.57. The van der Waals surface area contributed by atoms with Crippen molar-refractivity contribution in [3.63, 3.8) is 0 Å². The van der Waals surface area contributed by atoms with Gasteiger partial charge in [0.15, 0.2) is 25.2 Å². The van der Waals surface area contributed by atoms with Crippen LogP contribution in [0.25, 0.3) is 0 Å². The third kappa shape index (κ3) is 11.1. The maximum atomic E-state index is 12.8. The number of ether oxygens (including phenoxy) is 8. The van der Waals surface area contributed by atoms with Crippen molar-refractivity contribution < 1.29 is 130 Å². The van der Waals surface area contributed by atoms with Crippen LogP contribution < -0.4 is 0 Å². The number of allylic oxidation sites excluding steroid dienone is 2. The molecule has 4 heterocycles. The quantitative estimate of drug-likeness (QED) is 0.0651. The molecular weight excluding hydrogens is 1180 g/mol. The molecule has 8 aliphatic rings. The van der Waals surface area contributed by atoms with Crippen LogP contribution in [0.4, 0.5) is 0 Å². The summed E-state index contributed by atoms with van der Waals surface area (Å²) in [5.41, 5.74) is -1.48. The monoisotopic (exact) mass is 1270 g/mol. The Bertz CT molecular complexity index is 1950. The van der Waals surface area contributed by atoms with E-state index in [1.54, 1.807) is 0 Å². The van der Waals surface area contributed by atoms with Crippen LogP contribution in [0.5, 0.6) is 0 Å². The van der Waals surface area contributed by atoms with Crippen LogP contribution in [-0.4, -0.2) is 232 Å². The zero-order chi connectivity index (χ0) is 55.1. The van der Waals surface area contributed by atoms with Gasteiger partial charge in [0.25, 0.3) is 0 Å². The van der Waals surface area contributed by atoms with Gasteiger partial charge >= 0.3 is 21.1 Å². The summed E-state index contributed by atoms with van der Waals surface area (Å²) >= 11 is 0. The minimum Gasteiger partial charge on any atom is -0.394 e. The first-order chi connectivity index (χ1) is 35.1. The molecule has 29 atom stereocenters. The second-order valence-corrected chi connectivity index (χ2v) is 25.3. The Labute approximate surface area is 459 Å². The molecule has 76 heavy (non-hydrogen) atoms. The first-order valence-electron chi connectivity index (χ1n) is 27.3. The molecule has 0 aromatic rings. The minimum atomic E-state index is -1.81. The largest absolute Gasteiger partial charge is 4.00 e. The van der Waals surface area contributed by atoms with Gasteiger partial charge in [-0.3, -0.25) is 0 Å². The van der Waals surface area contributed by atoms with Gasteiger partial charge in [-0.15, -0.1) is 0 Å². The number of hydrogen-bond acceptors (Lipinski definition) is 22. The van der Waals surface area contributed by atoms with Gasteiger partial charge in [0.1, 0.15) is 91.6 Å². The van der Waals surface area contributed by atoms with Crippen LogP contribution in [0.1, 0.15) is 113 Å². The molecular formula is C53H90O22Pt+4. The summed E-state index contributed by atoms with van der Waals surface area (Å²) in [5, 5.41) is 151. The van der Waals surface area contributed by atoms with E-state index in [9.17, 15) is 71.5 Å². The smallest absolute Gasteiger partial charge is 0.394 e. The molecule has 440 valence electrons. The molecule has 0 bridgehead atoms. The van der Waals surface area contributed by atoms with Gasteiger partial charge in [0.2, 0.25) is 0 Å². The summed E-state index contributed by atoms with van der Waals surface area (Å²) in [4.78, 5) is 0. The summed E-state index contributed by atoms with van der Waals surface area (Å²) in [7, 11) is 0. The standard InChI is InChI=1S/C53H90O22.Pt/c1-23(2)10-9-14-53(8,75-47-43(67)39(63)37(61)29(72-47)22-69-45-41(65)34(58)26(57)21-68-45)24-11-16-52(7)33(24)25(56)18-31-50(5)15-13-32(49(3,4)30(50)12-17-51(31,52)6)73-48-44(40(64)36(60)28(20-55)71-48)74-46-42(66)38(62)35(59)27(19-54)70-46;/h10,24-48,54-67H,9,11-22H2,1-8H3;/q;+4/t24-,25+,26-,27-,28+,29+,30-,31?,32-,33?,34-,35-,36+,37+,38+,39-,40-,41+,42-,43+,44+,45+,46+,47-,48-,50-,51+,52+,53+;/m0./s1. The number of hydrogen-bond donors (Lipinski definition) is 14. The predicted molar refractivity (Wildman–Crippen MR) is 260 cm³/mol. The van der Waals surface area contributed by atoms with E-state index in [0.717, 1.165) is 24.8 Å². The van der Waals surface area contributed by atoms with Crippen LogP contribution in [0.15, 0.2) is 11.6 Å². The second-order valence-electron chi connectivity index (χ2n) is 25.3. The topological polar surface area (TPSA) is 357 Å². The van der Waals surface area contributed by atoms with Gasteiger partial charge in [-0.25, -0.2) is 0 Å². The van der Waals surface area contributed by atoms with E-state index >= 15 is 0 Å². The molecule has 0 amide bonds. The fourth-order valence-electron chi connectivity index (χ4n) is 16.0. The molecule has 4 aliphatic carbocycles. The van der Waals surface area contributed by atoms with Crippen molar-refractivity contribution >= 4 is 0 Å². The van der Waals surface area contributed by atoms with Gasteiger partial charge in [-0.2, -0.15) is 0 Å². The molecule has 8 fully saturated rings. The molecule has 4 saturated heterocycles. The van der Waals surface area contributed by atoms with E-state index in [-0.39, 0.29) is 62.2 Å². The van der Waals surface area contributed by atoms with E-state index in [2.05, 4.69) is 40.7 Å². The zero-order valence-electron chi connectivity index (χ0n) is 45.0. The SMILES string of the molecule is CC(C)=CCC[C@@](C)(O[C@@H]1O[C@H](CO[C@H]2OC[C@H](O)[C@H](O)[C@H]2O)[C@@H](O)[C@H](O)[C@H]1O)[C@H]1CC[C@]2(C)C1[C@H](O)CC1[C@@]3(C)CC[C@H](O[C@@H]4O[C@H](CO)[C@@H](O)[C@H](O)[C@H]4O[C@H]4O[C@@H](CO)[C@H](O)[C@@H](O)[C@@H]4O)C(C)(C)[C@@H]3CC[C@]12C.[Pt+4]. The van der Waals surface area contributed by atoms with Gasteiger partial charge in [-0.05, 0) is 124 Å². The van der Waals surface area contributed by atoms with Gasteiger partial charge in [0.05, 0.1) is 44.2 Å². The normalized spacial score (nSPS) is 52.1. The molecule has 0 spiro atoms. The maximum absolute atomic E-state index is 12.8. The first-order valence-corrected chi connectivity index (χ1v) is 27.3. The Kier molecular flexibility index (Phi) is 20.0. The summed E-state index contributed by atoms with van der Waals surface area (Å²) in [6.07, 6.45) is -22.6. The van der Waals surface area contributed by atoms with Gasteiger partial charge < -0.3 is 109 Å². The van der Waals surface area contributed by atoms with Gasteiger partial charge in [-0.1, -0.05) is 46.3 Å². The fourth-order valence-corrected chi connectivity index (χ4v) is 16.0. The van der Waals surface area contributed by atoms with Crippen molar-refractivity contribution in [2.45, 2.75) is 248 Å². The van der Waals surface area contributed by atoms with Crippen LogP contribution in [0.3, 0.4) is 0 Å². The molecule has 8 rings (SSSR count). The van der Waals surface area contributed by atoms with Crippen molar-refractivity contribution in [2.24, 2.45) is 45.3 Å². The van der Waals surface area contributed by atoms with E-state index in [1.165, 1.54) is 0 Å². The van der Waals surface area contributed by atoms with Crippen molar-refractivity contribution in [2.75, 3.05) is 26.4 Å². The zero-order valence-corrected chi connectivity index (χ0v) is 47.3. The van der Waals surface area contributed by atoms with E-state index < -0.39 is 165 Å². The fraction of sp³-hybridized carbons (Fsp3) is 0.962. The van der Waals surface area contributed by atoms with E-state index in [0.29, 0.717) is 38.5 Å². The summed E-state index contributed by atoms with van der Waals surface area (Å²) in [5.74, 6) is -0.395. The summed E-state index contributed by atoms with van der Waals surface area (Å²) in [6, 6.07) is 0. The Hall–Kier alpha value is -0.452.